The number of hydrogen-bond acceptors (Lipinski definition) is 5. The fraction of sp³-hybridized carbons (Fsp3) is 0.353. The number of ether oxygens (including phenoxy) is 1. The average molecular weight is 332 g/mol. The third kappa shape index (κ3) is 4.54. The van der Waals surface area contributed by atoms with E-state index < -0.39 is 0 Å². The van der Waals surface area contributed by atoms with Crippen LogP contribution in [0.2, 0.25) is 0 Å². The van der Waals surface area contributed by atoms with E-state index in [4.69, 9.17) is 9.15 Å². The maximum absolute atomic E-state index is 12.0. The van der Waals surface area contributed by atoms with E-state index >= 15 is 0 Å². The molecule has 23 heavy (non-hydrogen) atoms. The molecule has 2 aromatic heterocycles. The second kappa shape index (κ2) is 8.10. The lowest BCUT2D eigenvalue weighted by Crippen LogP contribution is -2.43. The summed E-state index contributed by atoms with van der Waals surface area (Å²) in [6.45, 7) is 3.62. The quantitative estimate of drug-likeness (QED) is 0.826. The van der Waals surface area contributed by atoms with Gasteiger partial charge in [-0.1, -0.05) is 6.07 Å². The van der Waals surface area contributed by atoms with Gasteiger partial charge in [-0.25, -0.2) is 0 Å². The first-order valence-electron chi connectivity index (χ1n) is 7.67. The lowest BCUT2D eigenvalue weighted by Gasteiger charge is -2.33. The van der Waals surface area contributed by atoms with Gasteiger partial charge in [-0.2, -0.15) is 0 Å². The Hall–Kier alpha value is -1.89. The number of nitrogens with one attached hydrogen (secondary N) is 1. The van der Waals surface area contributed by atoms with Crippen molar-refractivity contribution in [1.82, 2.24) is 10.2 Å². The number of hydrogen-bond donors (Lipinski definition) is 1. The molecule has 1 unspecified atom stereocenters. The number of thiophene rings is 1. The van der Waals surface area contributed by atoms with E-state index in [1.807, 2.05) is 35.7 Å². The summed E-state index contributed by atoms with van der Waals surface area (Å²) in [6, 6.07) is 7.81. The van der Waals surface area contributed by atoms with Crippen molar-refractivity contribution in [2.75, 3.05) is 32.8 Å². The third-order valence-electron chi connectivity index (χ3n) is 3.77. The molecule has 0 bridgehead atoms. The molecular weight excluding hydrogens is 312 g/mol. The lowest BCUT2D eigenvalue weighted by molar-refractivity contribution is -0.116. The van der Waals surface area contributed by atoms with Crippen molar-refractivity contribution in [1.29, 1.82) is 0 Å². The van der Waals surface area contributed by atoms with Crippen molar-refractivity contribution >= 4 is 23.3 Å². The molecule has 0 spiro atoms. The highest BCUT2D eigenvalue weighted by Gasteiger charge is 2.24. The van der Waals surface area contributed by atoms with E-state index in [0.717, 1.165) is 23.7 Å². The first kappa shape index (κ1) is 16.0. The van der Waals surface area contributed by atoms with Crippen LogP contribution >= 0.6 is 11.3 Å². The van der Waals surface area contributed by atoms with Gasteiger partial charge in [-0.05, 0) is 29.7 Å². The normalized spacial score (nSPS) is 17.4. The molecule has 0 radical (unpaired) electrons. The van der Waals surface area contributed by atoms with Crippen molar-refractivity contribution in [2.24, 2.45) is 0 Å². The molecule has 6 heteroatoms. The highest BCUT2D eigenvalue weighted by atomic mass is 32.1. The van der Waals surface area contributed by atoms with E-state index in [9.17, 15) is 4.79 Å². The average Bonchev–Trinajstić information content (AvgIpc) is 3.28. The molecule has 122 valence electrons. The molecule has 0 aromatic carbocycles. The third-order valence-corrected chi connectivity index (χ3v) is 4.61. The van der Waals surface area contributed by atoms with Crippen LogP contribution in [-0.2, 0) is 9.53 Å². The zero-order valence-corrected chi connectivity index (χ0v) is 13.6. The Morgan fingerprint density at radius 1 is 1.35 bits per heavy atom. The molecule has 1 N–H and O–H groups in total. The minimum Gasteiger partial charge on any atom is -0.468 e. The van der Waals surface area contributed by atoms with Gasteiger partial charge in [0.05, 0.1) is 25.5 Å². The highest BCUT2D eigenvalue weighted by molar-refractivity contribution is 7.10. The molecule has 1 amide bonds. The van der Waals surface area contributed by atoms with E-state index in [1.165, 1.54) is 0 Å². The zero-order chi connectivity index (χ0) is 15.9. The Bertz CT molecular complexity index is 616. The number of carbonyl (C=O) groups excluding carboxylic acids is 1. The number of amides is 1. The van der Waals surface area contributed by atoms with Crippen LogP contribution < -0.4 is 5.32 Å². The minimum atomic E-state index is -0.0942. The maximum atomic E-state index is 12.0. The summed E-state index contributed by atoms with van der Waals surface area (Å²) < 4.78 is 11.0. The lowest BCUT2D eigenvalue weighted by atomic mass is 10.1. The van der Waals surface area contributed by atoms with E-state index in [2.05, 4.69) is 10.2 Å². The summed E-state index contributed by atoms with van der Waals surface area (Å²) in [5, 5.41) is 4.96. The Morgan fingerprint density at radius 3 is 2.91 bits per heavy atom. The Kier molecular flexibility index (Phi) is 5.63. The van der Waals surface area contributed by atoms with Crippen molar-refractivity contribution < 1.29 is 13.9 Å². The molecule has 2 aromatic rings. The molecule has 1 aliphatic rings. The zero-order valence-electron chi connectivity index (χ0n) is 12.8. The number of nitrogens with zero attached hydrogens (tertiary/aromatic N) is 1. The fourth-order valence-electron chi connectivity index (χ4n) is 2.58. The van der Waals surface area contributed by atoms with Crippen LogP contribution in [0.15, 0.2) is 46.4 Å². The molecule has 1 atom stereocenters. The maximum Gasteiger partial charge on any atom is 0.244 e. The van der Waals surface area contributed by atoms with Gasteiger partial charge < -0.3 is 14.5 Å². The van der Waals surface area contributed by atoms with Crippen LogP contribution in [-0.4, -0.2) is 43.7 Å². The van der Waals surface area contributed by atoms with E-state index in [0.29, 0.717) is 19.8 Å². The molecule has 3 rings (SSSR count). The SMILES string of the molecule is O=C(/C=C/c1cccs1)NCC(c1ccco1)N1CCOCC1. The predicted octanol–water partition coefficient (Wildman–Crippen LogP) is 2.54. The highest BCUT2D eigenvalue weighted by Crippen LogP contribution is 2.21. The summed E-state index contributed by atoms with van der Waals surface area (Å²) in [4.78, 5) is 15.4. The van der Waals surface area contributed by atoms with Gasteiger partial charge >= 0.3 is 0 Å². The molecule has 0 aliphatic carbocycles. The van der Waals surface area contributed by atoms with Crippen LogP contribution in [0.1, 0.15) is 16.7 Å². The molecule has 5 nitrogen and oxygen atoms in total. The molecule has 0 saturated carbocycles. The van der Waals surface area contributed by atoms with Crippen LogP contribution in [0, 0.1) is 0 Å². The van der Waals surface area contributed by atoms with Crippen LogP contribution in [0.5, 0.6) is 0 Å². The van der Waals surface area contributed by atoms with Gasteiger partial charge in [0.15, 0.2) is 0 Å². The minimum absolute atomic E-state index is 0.0352. The van der Waals surface area contributed by atoms with Crippen molar-refractivity contribution in [3.8, 4) is 0 Å². The number of carbonyl (C=O) groups is 1. The smallest absolute Gasteiger partial charge is 0.244 e. The summed E-state index contributed by atoms with van der Waals surface area (Å²) >= 11 is 1.61. The van der Waals surface area contributed by atoms with E-state index in [-0.39, 0.29) is 11.9 Å². The van der Waals surface area contributed by atoms with Gasteiger partial charge in [0.2, 0.25) is 5.91 Å². The molecule has 1 aliphatic heterocycles. The van der Waals surface area contributed by atoms with Crippen LogP contribution in [0.3, 0.4) is 0 Å². The first-order chi connectivity index (χ1) is 11.3. The van der Waals surface area contributed by atoms with Gasteiger partial charge in [0.1, 0.15) is 5.76 Å². The van der Waals surface area contributed by atoms with Crippen molar-refractivity contribution in [3.05, 3.63) is 52.6 Å². The van der Waals surface area contributed by atoms with Gasteiger partial charge in [-0.3, -0.25) is 9.69 Å². The predicted molar refractivity (Wildman–Crippen MR) is 90.2 cm³/mol. The standard InChI is InChI=1S/C17H20N2O3S/c20-17(6-5-14-3-2-12-23-14)18-13-15(16-4-1-9-22-16)19-7-10-21-11-8-19/h1-6,9,12,15H,7-8,10-11,13H2,(H,18,20)/b6-5+. The molecular formula is C17H20N2O3S. The summed E-state index contributed by atoms with van der Waals surface area (Å²) in [5.74, 6) is 0.776. The summed E-state index contributed by atoms with van der Waals surface area (Å²) in [6.07, 6.45) is 5.07. The topological polar surface area (TPSA) is 54.7 Å². The van der Waals surface area contributed by atoms with Crippen LogP contribution in [0.4, 0.5) is 0 Å². The Balaban J connectivity index is 1.58. The molecule has 1 fully saturated rings. The van der Waals surface area contributed by atoms with Gasteiger partial charge in [0.25, 0.3) is 0 Å². The largest absolute Gasteiger partial charge is 0.468 e. The van der Waals surface area contributed by atoms with Gasteiger partial charge in [0, 0.05) is 30.6 Å². The van der Waals surface area contributed by atoms with E-state index in [1.54, 1.807) is 23.7 Å². The number of morpholine rings is 1. The Morgan fingerprint density at radius 2 is 2.22 bits per heavy atom. The van der Waals surface area contributed by atoms with Crippen LogP contribution in [0.25, 0.3) is 6.08 Å². The number of rotatable bonds is 6. The second-order valence-electron chi connectivity index (χ2n) is 5.27. The first-order valence-corrected chi connectivity index (χ1v) is 8.55. The summed E-state index contributed by atoms with van der Waals surface area (Å²) in [7, 11) is 0. The second-order valence-corrected chi connectivity index (χ2v) is 6.25. The van der Waals surface area contributed by atoms with Crippen molar-refractivity contribution in [3.63, 3.8) is 0 Å². The Labute approximate surface area is 139 Å². The van der Waals surface area contributed by atoms with Crippen molar-refractivity contribution in [2.45, 2.75) is 6.04 Å². The fourth-order valence-corrected chi connectivity index (χ4v) is 3.20. The monoisotopic (exact) mass is 332 g/mol. The molecule has 3 heterocycles. The summed E-state index contributed by atoms with van der Waals surface area (Å²) in [5.41, 5.74) is 0. The number of furan rings is 1. The van der Waals surface area contributed by atoms with Gasteiger partial charge in [-0.15, -0.1) is 11.3 Å². The molecule has 1 saturated heterocycles.